The molecule has 222 valence electrons. The van der Waals surface area contributed by atoms with Crippen molar-refractivity contribution in [3.05, 3.63) is 91.0 Å². The van der Waals surface area contributed by atoms with E-state index in [4.69, 9.17) is 9.47 Å². The molecule has 0 aliphatic carbocycles. The highest BCUT2D eigenvalue weighted by Gasteiger charge is 2.25. The fourth-order valence-electron chi connectivity index (χ4n) is 5.02. The first kappa shape index (κ1) is 29.7. The Kier molecular flexibility index (Phi) is 8.70. The van der Waals surface area contributed by atoms with Gasteiger partial charge in [0.2, 0.25) is 0 Å². The zero-order valence-corrected chi connectivity index (χ0v) is 25.0. The Balaban J connectivity index is 1.71. The number of nitrogens with two attached hydrogens (primary N) is 1. The van der Waals surface area contributed by atoms with Crippen molar-refractivity contribution in [1.82, 2.24) is 4.90 Å². The van der Waals surface area contributed by atoms with E-state index in [1.165, 1.54) is 24.1 Å². The summed E-state index contributed by atoms with van der Waals surface area (Å²) in [7, 11) is 1.12. The van der Waals surface area contributed by atoms with E-state index in [-0.39, 0.29) is 22.1 Å². The summed E-state index contributed by atoms with van der Waals surface area (Å²) in [4.78, 5) is 14.9. The Morgan fingerprint density at radius 3 is 2.30 bits per heavy atom. The fourth-order valence-corrected chi connectivity index (χ4v) is 6.09. The van der Waals surface area contributed by atoms with Crippen LogP contribution in [0.1, 0.15) is 6.42 Å². The van der Waals surface area contributed by atoms with E-state index in [1.54, 1.807) is 61.6 Å². The Morgan fingerprint density at radius 1 is 0.930 bits per heavy atom. The summed E-state index contributed by atoms with van der Waals surface area (Å²) < 4.78 is 41.1. The molecule has 0 spiro atoms. The first-order chi connectivity index (χ1) is 20.7. The van der Waals surface area contributed by atoms with E-state index in [9.17, 15) is 18.3 Å². The number of carbonyl (C=O) groups is 1. The molecule has 10 heteroatoms. The Hall–Kier alpha value is -4.80. The number of nitrogens with zero attached hydrogens (tertiary/aromatic N) is 1. The summed E-state index contributed by atoms with van der Waals surface area (Å²) in [5.74, 6) is 0.706. The third-order valence-corrected chi connectivity index (χ3v) is 8.65. The van der Waals surface area contributed by atoms with E-state index in [1.807, 2.05) is 36.6 Å². The summed E-state index contributed by atoms with van der Waals surface area (Å²) in [6.07, 6.45) is 0.222. The monoisotopic (exact) mass is 600 g/mol. The zero-order valence-electron chi connectivity index (χ0n) is 24.2. The van der Waals surface area contributed by atoms with Crippen molar-refractivity contribution in [3.8, 4) is 28.4 Å². The fraction of sp³-hybridized carbons (Fsp3) is 0.182. The maximum atomic E-state index is 13.6. The van der Waals surface area contributed by atoms with Crippen molar-refractivity contribution in [2.45, 2.75) is 11.3 Å². The van der Waals surface area contributed by atoms with Gasteiger partial charge in [-0.1, -0.05) is 54.6 Å². The number of rotatable bonds is 10. The summed E-state index contributed by atoms with van der Waals surface area (Å²) in [5, 5.41) is 15.8. The van der Waals surface area contributed by atoms with Gasteiger partial charge in [-0.15, -0.1) is 0 Å². The molecule has 4 N–H and O–H groups in total. The van der Waals surface area contributed by atoms with Crippen LogP contribution in [0.4, 0.5) is 10.5 Å². The maximum absolute atomic E-state index is 13.6. The third-order valence-electron chi connectivity index (χ3n) is 7.27. The van der Waals surface area contributed by atoms with Crippen LogP contribution in [0, 0.1) is 0 Å². The van der Waals surface area contributed by atoms with Gasteiger partial charge in [-0.25, -0.2) is 13.2 Å². The van der Waals surface area contributed by atoms with Gasteiger partial charge in [0.05, 0.1) is 31.3 Å². The standard InChI is InChI=1S/C33H33N3O6S/c1-34-19-8-20-36(2)33(38)42-32-27-12-7-6-11-26(27)29(35-43(39,40)24-16-14-23(41-3)15-17-24)21-28(32)31-25-10-5-4-9-22(25)13-18-30(31)37/h4-7,9-18,21,34-35,37H,8,19-20H2,1-3H3/p+1. The lowest BCUT2D eigenvalue weighted by molar-refractivity contribution is -0.627. The largest absolute Gasteiger partial charge is 0.507 e. The summed E-state index contributed by atoms with van der Waals surface area (Å²) in [5.41, 5.74) is 1.05. The molecule has 0 radical (unpaired) electrons. The molecule has 0 bridgehead atoms. The van der Waals surface area contributed by atoms with Crippen molar-refractivity contribution in [3.63, 3.8) is 0 Å². The molecule has 0 saturated heterocycles. The summed E-state index contributed by atoms with van der Waals surface area (Å²) in [6, 6.07) is 25.7. The lowest BCUT2D eigenvalue weighted by Crippen LogP contribution is -2.79. The maximum Gasteiger partial charge on any atom is 0.415 e. The van der Waals surface area contributed by atoms with Gasteiger partial charge in [-0.3, -0.25) is 4.72 Å². The van der Waals surface area contributed by atoms with E-state index in [2.05, 4.69) is 4.72 Å². The number of nitrogens with one attached hydrogen (secondary N) is 1. The molecule has 0 saturated carbocycles. The average molecular weight is 601 g/mol. The van der Waals surface area contributed by atoms with Crippen LogP contribution >= 0.6 is 0 Å². The van der Waals surface area contributed by atoms with Gasteiger partial charge >= 0.3 is 6.09 Å². The molecule has 0 aliphatic rings. The van der Waals surface area contributed by atoms with Crippen molar-refractivity contribution < 1.29 is 33.1 Å². The number of fused-ring (bicyclic) bond motifs is 2. The molecule has 5 aromatic carbocycles. The normalized spacial score (nSPS) is 11.4. The van der Waals surface area contributed by atoms with Crippen LogP contribution in [0.3, 0.4) is 0 Å². The van der Waals surface area contributed by atoms with Gasteiger partial charge in [-0.2, -0.15) is 0 Å². The van der Waals surface area contributed by atoms with Crippen LogP contribution in [-0.4, -0.2) is 58.8 Å². The number of amides is 1. The van der Waals surface area contributed by atoms with Crippen molar-refractivity contribution in [1.29, 1.82) is 0 Å². The van der Waals surface area contributed by atoms with Crippen molar-refractivity contribution in [2.75, 3.05) is 39.0 Å². The van der Waals surface area contributed by atoms with E-state index >= 15 is 0 Å². The minimum absolute atomic E-state index is 0.0397. The Morgan fingerprint density at radius 2 is 1.60 bits per heavy atom. The number of quaternary nitrogens is 1. The second kappa shape index (κ2) is 12.6. The number of hydrogen-bond donors (Lipinski definition) is 3. The second-order valence-corrected chi connectivity index (χ2v) is 11.8. The number of phenolic OH excluding ortho intramolecular Hbond substituents is 1. The number of aromatic hydroxyl groups is 1. The van der Waals surface area contributed by atoms with Gasteiger partial charge in [0.15, 0.2) is 0 Å². The van der Waals surface area contributed by atoms with Crippen LogP contribution in [-0.2, 0) is 10.0 Å². The number of anilines is 1. The number of sulfonamides is 1. The van der Waals surface area contributed by atoms with Gasteiger partial charge in [0, 0.05) is 41.9 Å². The predicted octanol–water partition coefficient (Wildman–Crippen LogP) is 5.19. The molecule has 9 nitrogen and oxygen atoms in total. The Labute approximate surface area is 250 Å². The molecule has 0 aromatic heterocycles. The highest BCUT2D eigenvalue weighted by Crippen LogP contribution is 2.47. The van der Waals surface area contributed by atoms with Gasteiger partial charge in [-0.05, 0) is 47.2 Å². The predicted molar refractivity (Wildman–Crippen MR) is 168 cm³/mol. The van der Waals surface area contributed by atoms with E-state index in [0.29, 0.717) is 39.6 Å². The summed E-state index contributed by atoms with van der Waals surface area (Å²) >= 11 is 0. The van der Waals surface area contributed by atoms with E-state index < -0.39 is 16.1 Å². The molecule has 0 aliphatic heterocycles. The minimum atomic E-state index is -4.03. The zero-order chi connectivity index (χ0) is 30.6. The number of carbonyl (C=O) groups excluding carboxylic acids is 1. The van der Waals surface area contributed by atoms with Gasteiger partial charge < -0.3 is 24.8 Å². The number of phenols is 1. The molecule has 0 unspecified atom stereocenters. The van der Waals surface area contributed by atoms with Gasteiger partial charge in [0.1, 0.15) is 17.2 Å². The molecule has 0 atom stereocenters. The van der Waals surface area contributed by atoms with E-state index in [0.717, 1.165) is 18.4 Å². The van der Waals surface area contributed by atoms with Crippen LogP contribution in [0.2, 0.25) is 0 Å². The number of ether oxygens (including phenoxy) is 2. The van der Waals surface area contributed by atoms with Crippen molar-refractivity contribution >= 4 is 43.3 Å². The molecule has 5 rings (SSSR count). The lowest BCUT2D eigenvalue weighted by Gasteiger charge is -2.22. The molecule has 1 amide bonds. The SMILES string of the molecule is C[NH2+]CCCN(C)C(=O)Oc1c(-c2c(O)ccc3ccccc23)cc(NS(=O)(=O)c2ccc(OC)cc2)c2ccccc12. The number of methoxy groups -OCH3 is 1. The molecular weight excluding hydrogens is 566 g/mol. The minimum Gasteiger partial charge on any atom is -0.507 e. The average Bonchev–Trinajstić information content (AvgIpc) is 3.02. The van der Waals surface area contributed by atoms with Crippen LogP contribution < -0.4 is 19.5 Å². The highest BCUT2D eigenvalue weighted by atomic mass is 32.2. The quantitative estimate of drug-likeness (QED) is 0.190. The smallest absolute Gasteiger partial charge is 0.415 e. The van der Waals surface area contributed by atoms with Crippen molar-refractivity contribution in [2.24, 2.45) is 0 Å². The third kappa shape index (κ3) is 6.20. The number of hydrogen-bond acceptors (Lipinski definition) is 6. The van der Waals surface area contributed by atoms with Crippen LogP contribution in [0.25, 0.3) is 32.7 Å². The lowest BCUT2D eigenvalue weighted by atomic mass is 9.93. The van der Waals surface area contributed by atoms with Gasteiger partial charge in [0.25, 0.3) is 10.0 Å². The molecular formula is C33H34N3O6S+. The topological polar surface area (TPSA) is 122 Å². The molecule has 5 aromatic rings. The molecule has 43 heavy (non-hydrogen) atoms. The first-order valence-corrected chi connectivity index (χ1v) is 15.4. The van der Waals surface area contributed by atoms with Crippen LogP contribution in [0.5, 0.6) is 17.2 Å². The first-order valence-electron chi connectivity index (χ1n) is 13.9. The molecule has 0 fully saturated rings. The molecule has 0 heterocycles. The number of benzene rings is 5. The Bertz CT molecular complexity index is 1890. The second-order valence-electron chi connectivity index (χ2n) is 10.1. The van der Waals surface area contributed by atoms with Crippen LogP contribution in [0.15, 0.2) is 95.9 Å². The highest BCUT2D eigenvalue weighted by molar-refractivity contribution is 7.92. The summed E-state index contributed by atoms with van der Waals surface area (Å²) in [6.45, 7) is 1.36.